The van der Waals surface area contributed by atoms with Crippen LogP contribution in [0.25, 0.3) is 53.7 Å². The van der Waals surface area contributed by atoms with E-state index in [4.69, 9.17) is 9.40 Å². The number of hydrogen-bond donors (Lipinski definition) is 0. The molecule has 0 amide bonds. The molecule has 6 rings (SSSR count). The molecule has 4 heteroatoms. The van der Waals surface area contributed by atoms with Crippen LogP contribution in [0.15, 0.2) is 83.7 Å². The quantitative estimate of drug-likeness (QED) is 0.275. The van der Waals surface area contributed by atoms with E-state index in [1.807, 2.05) is 24.5 Å². The van der Waals surface area contributed by atoms with Crippen LogP contribution in [0.1, 0.15) is 26.3 Å². The Morgan fingerprint density at radius 2 is 1.56 bits per heavy atom. The first-order chi connectivity index (χ1) is 15.5. The molecule has 0 atom stereocenters. The monoisotopic (exact) mass is 434 g/mol. The van der Waals surface area contributed by atoms with E-state index >= 15 is 0 Å². The van der Waals surface area contributed by atoms with Gasteiger partial charge in [0.15, 0.2) is 5.58 Å². The Morgan fingerprint density at radius 3 is 2.41 bits per heavy atom. The second kappa shape index (κ2) is 7.01. The highest BCUT2D eigenvalue weighted by Gasteiger charge is 2.20. The van der Waals surface area contributed by atoms with Gasteiger partial charge in [-0.25, -0.2) is 0 Å². The molecular weight excluding hydrogens is 412 g/mol. The fourth-order valence-electron chi connectivity index (χ4n) is 4.42. The number of thiophene rings is 1. The largest absolute Gasteiger partial charge is 0.462 e. The minimum Gasteiger partial charge on any atom is -0.462 e. The summed E-state index contributed by atoms with van der Waals surface area (Å²) in [6.07, 6.45) is 5.47. The maximum absolute atomic E-state index is 5.74. The van der Waals surface area contributed by atoms with Gasteiger partial charge in [-0.15, -0.1) is 11.3 Å². The molecule has 0 spiro atoms. The molecule has 0 saturated carbocycles. The highest BCUT2D eigenvalue weighted by Crippen LogP contribution is 2.41. The van der Waals surface area contributed by atoms with Gasteiger partial charge in [0.25, 0.3) is 0 Å². The predicted molar refractivity (Wildman–Crippen MR) is 134 cm³/mol. The van der Waals surface area contributed by atoms with Gasteiger partial charge in [0.1, 0.15) is 5.69 Å². The maximum Gasteiger partial charge on any atom is 0.160 e. The van der Waals surface area contributed by atoms with Gasteiger partial charge in [0.2, 0.25) is 0 Å². The fourth-order valence-corrected chi connectivity index (χ4v) is 5.58. The summed E-state index contributed by atoms with van der Waals surface area (Å²) >= 11 is 1.72. The Bertz CT molecular complexity index is 1620. The molecule has 4 aromatic heterocycles. The Balaban J connectivity index is 1.60. The van der Waals surface area contributed by atoms with Crippen molar-refractivity contribution in [2.24, 2.45) is 0 Å². The summed E-state index contributed by atoms with van der Waals surface area (Å²) in [6.45, 7) is 6.81. The third kappa shape index (κ3) is 3.02. The van der Waals surface area contributed by atoms with Crippen LogP contribution in [-0.4, -0.2) is 9.97 Å². The average Bonchev–Trinajstić information content (AvgIpc) is 3.44. The molecule has 6 aromatic rings. The lowest BCUT2D eigenvalue weighted by Crippen LogP contribution is -2.12. The molecule has 2 aromatic carbocycles. The minimum atomic E-state index is 0.0307. The zero-order valence-electron chi connectivity index (χ0n) is 18.2. The van der Waals surface area contributed by atoms with Crippen LogP contribution >= 0.6 is 11.3 Å². The molecule has 0 N–H and O–H groups in total. The van der Waals surface area contributed by atoms with E-state index < -0.39 is 0 Å². The average molecular weight is 435 g/mol. The van der Waals surface area contributed by atoms with E-state index in [0.29, 0.717) is 0 Å². The van der Waals surface area contributed by atoms with Crippen LogP contribution in [0.4, 0.5) is 0 Å². The molecule has 0 aliphatic carbocycles. The summed E-state index contributed by atoms with van der Waals surface area (Å²) in [6, 6.07) is 21.4. The highest BCUT2D eigenvalue weighted by molar-refractivity contribution is 7.22. The van der Waals surface area contributed by atoms with Gasteiger partial charge < -0.3 is 4.42 Å². The Hall–Kier alpha value is -3.50. The van der Waals surface area contributed by atoms with Crippen molar-refractivity contribution >= 4 is 43.2 Å². The summed E-state index contributed by atoms with van der Waals surface area (Å²) in [7, 11) is 0. The van der Waals surface area contributed by atoms with Crippen molar-refractivity contribution in [1.82, 2.24) is 9.97 Å². The third-order valence-corrected chi connectivity index (χ3v) is 7.14. The molecule has 0 saturated heterocycles. The van der Waals surface area contributed by atoms with Gasteiger partial charge in [-0.3, -0.25) is 9.97 Å². The third-order valence-electron chi connectivity index (χ3n) is 5.98. The van der Waals surface area contributed by atoms with Gasteiger partial charge >= 0.3 is 0 Å². The number of aromatic nitrogens is 2. The van der Waals surface area contributed by atoms with Crippen molar-refractivity contribution in [3.63, 3.8) is 0 Å². The van der Waals surface area contributed by atoms with Crippen molar-refractivity contribution in [2.75, 3.05) is 0 Å². The van der Waals surface area contributed by atoms with Crippen molar-refractivity contribution in [1.29, 1.82) is 0 Å². The molecule has 3 nitrogen and oxygen atoms in total. The number of fused-ring (bicyclic) bond motifs is 3. The summed E-state index contributed by atoms with van der Waals surface area (Å²) in [5, 5.41) is 4.78. The number of nitrogens with zero attached hydrogens (tertiary/aromatic N) is 2. The van der Waals surface area contributed by atoms with E-state index in [1.165, 1.54) is 26.4 Å². The SMILES string of the molecule is CC(C)(C)c1cc(-c2nccc3cc(-c4nccc5ccoc45)sc23)cc2ccccc12. The lowest BCUT2D eigenvalue weighted by atomic mass is 9.82. The van der Waals surface area contributed by atoms with Gasteiger partial charge in [0, 0.05) is 23.3 Å². The molecular formula is C28H22N2OS. The topological polar surface area (TPSA) is 38.9 Å². The lowest BCUT2D eigenvalue weighted by molar-refractivity contribution is 0.596. The minimum absolute atomic E-state index is 0.0307. The zero-order valence-corrected chi connectivity index (χ0v) is 19.0. The predicted octanol–water partition coefficient (Wildman–Crippen LogP) is 8.22. The Kier molecular flexibility index (Phi) is 4.21. The smallest absolute Gasteiger partial charge is 0.160 e. The summed E-state index contributed by atoms with van der Waals surface area (Å²) in [4.78, 5) is 10.6. The molecule has 0 aliphatic rings. The molecule has 156 valence electrons. The first kappa shape index (κ1) is 19.2. The first-order valence-corrected chi connectivity index (χ1v) is 11.6. The standard InChI is InChI=1S/C28H22N2OS/c1-28(2,3)22-15-20(14-18-6-4-5-7-21(18)22)24-27-19(9-12-29-24)16-23(32-27)25-26-17(8-11-30-25)10-13-31-26/h4-16H,1-3H3. The van der Waals surface area contributed by atoms with Crippen LogP contribution in [0.5, 0.6) is 0 Å². The maximum atomic E-state index is 5.74. The van der Waals surface area contributed by atoms with Gasteiger partial charge in [-0.05, 0) is 63.5 Å². The molecule has 0 radical (unpaired) electrons. The number of pyridine rings is 2. The normalized spacial score (nSPS) is 12.2. The second-order valence-electron chi connectivity index (χ2n) is 9.18. The summed E-state index contributed by atoms with van der Waals surface area (Å²) in [5.74, 6) is 0. The molecule has 0 bridgehead atoms. The van der Waals surface area contributed by atoms with Crippen molar-refractivity contribution in [3.8, 4) is 21.8 Å². The van der Waals surface area contributed by atoms with Crippen LogP contribution in [0.2, 0.25) is 0 Å². The van der Waals surface area contributed by atoms with Gasteiger partial charge in [-0.1, -0.05) is 45.0 Å². The van der Waals surface area contributed by atoms with Crippen LogP contribution < -0.4 is 0 Å². The molecule has 0 fully saturated rings. The molecule has 32 heavy (non-hydrogen) atoms. The van der Waals surface area contributed by atoms with E-state index in [0.717, 1.165) is 32.8 Å². The van der Waals surface area contributed by atoms with Crippen LogP contribution in [-0.2, 0) is 5.41 Å². The molecule has 4 heterocycles. The van der Waals surface area contributed by atoms with Crippen molar-refractivity contribution in [3.05, 3.63) is 84.9 Å². The lowest BCUT2D eigenvalue weighted by Gasteiger charge is -2.22. The molecule has 0 unspecified atom stereocenters. The summed E-state index contributed by atoms with van der Waals surface area (Å²) in [5.41, 5.74) is 5.24. The number of furan rings is 1. The number of benzene rings is 2. The zero-order chi connectivity index (χ0) is 21.9. The number of hydrogen-bond acceptors (Lipinski definition) is 4. The van der Waals surface area contributed by atoms with Gasteiger partial charge in [0.05, 0.1) is 21.5 Å². The van der Waals surface area contributed by atoms with Gasteiger partial charge in [-0.2, -0.15) is 0 Å². The van der Waals surface area contributed by atoms with Crippen molar-refractivity contribution in [2.45, 2.75) is 26.2 Å². The number of rotatable bonds is 2. The highest BCUT2D eigenvalue weighted by atomic mass is 32.1. The van der Waals surface area contributed by atoms with E-state index in [2.05, 4.69) is 74.3 Å². The van der Waals surface area contributed by atoms with E-state index in [9.17, 15) is 0 Å². The first-order valence-electron chi connectivity index (χ1n) is 10.7. The van der Waals surface area contributed by atoms with Crippen molar-refractivity contribution < 1.29 is 4.42 Å². The second-order valence-corrected chi connectivity index (χ2v) is 10.2. The Morgan fingerprint density at radius 1 is 0.781 bits per heavy atom. The van der Waals surface area contributed by atoms with E-state index in [-0.39, 0.29) is 5.41 Å². The van der Waals surface area contributed by atoms with Crippen LogP contribution in [0.3, 0.4) is 0 Å². The molecule has 0 aliphatic heterocycles. The Labute approximate surface area is 190 Å². The fraction of sp³-hybridized carbons (Fsp3) is 0.143. The van der Waals surface area contributed by atoms with E-state index in [1.54, 1.807) is 17.6 Å². The van der Waals surface area contributed by atoms with Crippen LogP contribution in [0, 0.1) is 0 Å². The summed E-state index contributed by atoms with van der Waals surface area (Å²) < 4.78 is 6.91.